The number of nitrogens with one attached hydrogen (secondary N) is 1. The third-order valence-corrected chi connectivity index (χ3v) is 7.11. The lowest BCUT2D eigenvalue weighted by molar-refractivity contribution is -0.122. The van der Waals surface area contributed by atoms with E-state index in [0.29, 0.717) is 16.9 Å². The molecular weight excluding hydrogens is 435 g/mol. The Hall–Kier alpha value is -3.53. The number of anilines is 2. The van der Waals surface area contributed by atoms with Crippen LogP contribution in [0, 0.1) is 11.7 Å². The van der Waals surface area contributed by atoms with Gasteiger partial charge in [0.25, 0.3) is 0 Å². The second-order valence-electron chi connectivity index (χ2n) is 7.92. The number of hydrogen-bond acceptors (Lipinski definition) is 5. The summed E-state index contributed by atoms with van der Waals surface area (Å²) in [6, 6.07) is 14.6. The first-order valence-electron chi connectivity index (χ1n) is 10.0. The molecule has 2 aromatic carbocycles. The summed E-state index contributed by atoms with van der Waals surface area (Å²) in [5.74, 6) is -1.80. The number of carbonyl (C=O) groups excluding carboxylic acids is 2. The van der Waals surface area contributed by atoms with Crippen molar-refractivity contribution in [3.05, 3.63) is 71.7 Å². The Balaban J connectivity index is 1.44. The van der Waals surface area contributed by atoms with Crippen LogP contribution in [0.5, 0.6) is 0 Å². The molecule has 1 fully saturated rings. The van der Waals surface area contributed by atoms with E-state index in [9.17, 15) is 22.4 Å². The average molecular weight is 454 g/mol. The van der Waals surface area contributed by atoms with E-state index in [2.05, 4.69) is 10.4 Å². The molecular formula is C22H19FN4O4S. The lowest BCUT2D eigenvalue weighted by atomic mass is 10.1. The lowest BCUT2D eigenvalue weighted by Gasteiger charge is -2.17. The van der Waals surface area contributed by atoms with Gasteiger partial charge in [0.1, 0.15) is 11.6 Å². The van der Waals surface area contributed by atoms with Crippen LogP contribution in [0.25, 0.3) is 5.69 Å². The van der Waals surface area contributed by atoms with Crippen molar-refractivity contribution in [3.8, 4) is 5.69 Å². The first kappa shape index (κ1) is 20.4. The van der Waals surface area contributed by atoms with Crippen molar-refractivity contribution >= 4 is 33.2 Å². The summed E-state index contributed by atoms with van der Waals surface area (Å²) >= 11 is 0. The molecule has 164 valence electrons. The fourth-order valence-corrected chi connectivity index (χ4v) is 5.59. The van der Waals surface area contributed by atoms with E-state index in [0.717, 1.165) is 5.69 Å². The van der Waals surface area contributed by atoms with E-state index < -0.39 is 27.5 Å². The van der Waals surface area contributed by atoms with Crippen molar-refractivity contribution in [3.63, 3.8) is 0 Å². The number of rotatable bonds is 4. The van der Waals surface area contributed by atoms with Crippen molar-refractivity contribution in [1.82, 2.24) is 9.78 Å². The molecule has 2 aliphatic heterocycles. The standard InChI is InChI=1S/C22H19FN4O4S/c23-15-6-8-17(9-7-15)27-21(18-12-32(30,31)13-19(18)25-27)24-22(29)14-10-20(28)26(11-14)16-4-2-1-3-5-16/h1-9,14H,10-13H2,(H,24,29). The molecule has 2 aliphatic rings. The van der Waals surface area contributed by atoms with Crippen LogP contribution in [-0.2, 0) is 30.9 Å². The van der Waals surface area contributed by atoms with E-state index in [-0.39, 0.29) is 36.2 Å². The minimum Gasteiger partial charge on any atom is -0.312 e. The maximum atomic E-state index is 13.4. The average Bonchev–Trinajstić information content (AvgIpc) is 3.40. The Kier molecular flexibility index (Phi) is 4.81. The van der Waals surface area contributed by atoms with Crippen molar-refractivity contribution in [2.24, 2.45) is 5.92 Å². The number of sulfone groups is 1. The van der Waals surface area contributed by atoms with Gasteiger partial charge in [-0.15, -0.1) is 0 Å². The van der Waals surface area contributed by atoms with Crippen LogP contribution in [0.15, 0.2) is 54.6 Å². The maximum absolute atomic E-state index is 13.4. The molecule has 1 aromatic heterocycles. The first-order valence-corrected chi connectivity index (χ1v) is 11.9. The fraction of sp³-hybridized carbons (Fsp3) is 0.227. The smallest absolute Gasteiger partial charge is 0.230 e. The number of fused-ring (bicyclic) bond motifs is 1. The zero-order valence-corrected chi connectivity index (χ0v) is 17.7. The van der Waals surface area contributed by atoms with Crippen LogP contribution >= 0.6 is 0 Å². The Morgan fingerprint density at radius 3 is 2.47 bits per heavy atom. The highest BCUT2D eigenvalue weighted by atomic mass is 32.2. The quantitative estimate of drug-likeness (QED) is 0.653. The summed E-state index contributed by atoms with van der Waals surface area (Å²) in [7, 11) is -3.35. The zero-order valence-electron chi connectivity index (χ0n) is 16.9. The summed E-state index contributed by atoms with van der Waals surface area (Å²) < 4.78 is 39.0. The largest absolute Gasteiger partial charge is 0.312 e. The number of carbonyl (C=O) groups is 2. The summed E-state index contributed by atoms with van der Waals surface area (Å²) in [4.78, 5) is 27.2. The minimum absolute atomic E-state index is 0.0475. The lowest BCUT2D eigenvalue weighted by Crippen LogP contribution is -2.29. The number of amides is 2. The van der Waals surface area contributed by atoms with Crippen molar-refractivity contribution in [2.45, 2.75) is 17.9 Å². The zero-order chi connectivity index (χ0) is 22.5. The van der Waals surface area contributed by atoms with Crippen LogP contribution in [0.1, 0.15) is 17.7 Å². The van der Waals surface area contributed by atoms with Gasteiger partial charge >= 0.3 is 0 Å². The van der Waals surface area contributed by atoms with Crippen LogP contribution < -0.4 is 10.2 Å². The predicted molar refractivity (Wildman–Crippen MR) is 115 cm³/mol. The summed E-state index contributed by atoms with van der Waals surface area (Å²) in [5, 5.41) is 7.17. The Morgan fingerprint density at radius 2 is 1.75 bits per heavy atom. The van der Waals surface area contributed by atoms with Gasteiger partial charge in [-0.05, 0) is 36.4 Å². The molecule has 1 saturated heterocycles. The van der Waals surface area contributed by atoms with Crippen LogP contribution in [0.3, 0.4) is 0 Å². The molecule has 2 amide bonds. The van der Waals surface area contributed by atoms with Crippen LogP contribution in [0.4, 0.5) is 15.9 Å². The van der Waals surface area contributed by atoms with E-state index in [1.54, 1.807) is 17.0 Å². The molecule has 1 N–H and O–H groups in total. The molecule has 0 bridgehead atoms. The molecule has 8 nitrogen and oxygen atoms in total. The van der Waals surface area contributed by atoms with Crippen molar-refractivity contribution in [2.75, 3.05) is 16.8 Å². The molecule has 1 unspecified atom stereocenters. The third-order valence-electron chi connectivity index (χ3n) is 5.66. The molecule has 32 heavy (non-hydrogen) atoms. The Morgan fingerprint density at radius 1 is 1.03 bits per heavy atom. The monoisotopic (exact) mass is 454 g/mol. The van der Waals surface area contributed by atoms with Gasteiger partial charge in [0.15, 0.2) is 9.84 Å². The topological polar surface area (TPSA) is 101 Å². The normalized spacial score (nSPS) is 19.2. The molecule has 0 aliphatic carbocycles. The SMILES string of the molecule is O=C(Nc1c2c(nn1-c1ccc(F)cc1)CS(=O)(=O)C2)C1CC(=O)N(c2ccccc2)C1. The van der Waals surface area contributed by atoms with Gasteiger partial charge in [0.2, 0.25) is 11.8 Å². The molecule has 0 saturated carbocycles. The predicted octanol–water partition coefficient (Wildman–Crippen LogP) is 2.43. The summed E-state index contributed by atoms with van der Waals surface area (Å²) in [5.41, 5.74) is 1.99. The van der Waals surface area contributed by atoms with Gasteiger partial charge in [0.05, 0.1) is 28.8 Å². The van der Waals surface area contributed by atoms with Gasteiger partial charge in [-0.2, -0.15) is 5.10 Å². The van der Waals surface area contributed by atoms with E-state index in [4.69, 9.17) is 0 Å². The minimum atomic E-state index is -3.35. The number of benzene rings is 2. The van der Waals surface area contributed by atoms with Crippen LogP contribution in [-0.4, -0.2) is 36.6 Å². The summed E-state index contributed by atoms with van der Waals surface area (Å²) in [6.45, 7) is 0.222. The van der Waals surface area contributed by atoms with Gasteiger partial charge < -0.3 is 10.2 Å². The van der Waals surface area contributed by atoms with Gasteiger partial charge in [-0.1, -0.05) is 18.2 Å². The first-order chi connectivity index (χ1) is 15.3. The molecule has 10 heteroatoms. The van der Waals surface area contributed by atoms with Gasteiger partial charge in [0, 0.05) is 24.2 Å². The second-order valence-corrected chi connectivity index (χ2v) is 9.99. The molecule has 5 rings (SSSR count). The Labute approximate surface area is 183 Å². The molecule has 1 atom stereocenters. The van der Waals surface area contributed by atoms with Crippen molar-refractivity contribution in [1.29, 1.82) is 0 Å². The number of hydrogen-bond donors (Lipinski definition) is 1. The fourth-order valence-electron chi connectivity index (χ4n) is 4.10. The summed E-state index contributed by atoms with van der Waals surface area (Å²) in [6.07, 6.45) is 0.0475. The highest BCUT2D eigenvalue weighted by Crippen LogP contribution is 2.34. The highest BCUT2D eigenvalue weighted by Gasteiger charge is 2.38. The van der Waals surface area contributed by atoms with Gasteiger partial charge in [-0.25, -0.2) is 17.5 Å². The molecule has 0 radical (unpaired) electrons. The number of halogens is 1. The number of aromatic nitrogens is 2. The molecule has 3 heterocycles. The molecule has 3 aromatic rings. The van der Waals surface area contributed by atoms with Crippen LogP contribution in [0.2, 0.25) is 0 Å². The Bertz CT molecular complexity index is 1320. The maximum Gasteiger partial charge on any atom is 0.230 e. The van der Waals surface area contributed by atoms with Crippen molar-refractivity contribution < 1.29 is 22.4 Å². The molecule has 0 spiro atoms. The second kappa shape index (κ2) is 7.56. The highest BCUT2D eigenvalue weighted by molar-refractivity contribution is 7.90. The third kappa shape index (κ3) is 3.66. The van der Waals surface area contributed by atoms with E-state index in [1.165, 1.54) is 28.9 Å². The van der Waals surface area contributed by atoms with Gasteiger partial charge in [-0.3, -0.25) is 9.59 Å². The van der Waals surface area contributed by atoms with E-state index >= 15 is 0 Å². The number of para-hydroxylation sites is 1. The van der Waals surface area contributed by atoms with E-state index in [1.807, 2.05) is 18.2 Å². The number of nitrogens with zero attached hydrogens (tertiary/aromatic N) is 3.